The van der Waals surface area contributed by atoms with Crippen molar-refractivity contribution in [3.63, 3.8) is 0 Å². The minimum atomic E-state index is -3.59. The van der Waals surface area contributed by atoms with Crippen LogP contribution in [0.2, 0.25) is 4.34 Å². The lowest BCUT2D eigenvalue weighted by molar-refractivity contribution is 0.0363. The summed E-state index contributed by atoms with van der Waals surface area (Å²) in [6.45, 7) is 4.14. The lowest BCUT2D eigenvalue weighted by Gasteiger charge is -2.29. The van der Waals surface area contributed by atoms with E-state index < -0.39 is 10.0 Å². The normalized spacial score (nSPS) is 16.8. The Morgan fingerprint density at radius 1 is 1.36 bits per heavy atom. The van der Waals surface area contributed by atoms with Gasteiger partial charge in [-0.2, -0.15) is 9.57 Å². The molecule has 0 saturated carbocycles. The fraction of sp³-hybridized carbons (Fsp3) is 0.615. The van der Waals surface area contributed by atoms with Gasteiger partial charge in [-0.05, 0) is 12.1 Å². The second-order valence-electron chi connectivity index (χ2n) is 4.82. The predicted molar refractivity (Wildman–Crippen MR) is 85.6 cm³/mol. The molecule has 1 aromatic heterocycles. The molecule has 1 aromatic rings. The third-order valence-electron chi connectivity index (χ3n) is 3.39. The number of hydrogen-bond acceptors (Lipinski definition) is 6. The number of morpholine rings is 1. The highest BCUT2D eigenvalue weighted by atomic mass is 35.5. The third kappa shape index (κ3) is 4.65. The average molecular weight is 364 g/mol. The molecule has 0 aromatic carbocycles. The van der Waals surface area contributed by atoms with Crippen LogP contribution in [0.5, 0.6) is 0 Å². The van der Waals surface area contributed by atoms with E-state index in [1.54, 1.807) is 6.07 Å². The van der Waals surface area contributed by atoms with Crippen LogP contribution in [0.1, 0.15) is 6.42 Å². The van der Waals surface area contributed by atoms with Crippen molar-refractivity contribution < 1.29 is 13.2 Å². The molecule has 9 heteroatoms. The van der Waals surface area contributed by atoms with Crippen LogP contribution in [0.25, 0.3) is 0 Å². The van der Waals surface area contributed by atoms with Crippen molar-refractivity contribution in [2.24, 2.45) is 0 Å². The summed E-state index contributed by atoms with van der Waals surface area (Å²) in [5.41, 5.74) is 0. The van der Waals surface area contributed by atoms with Gasteiger partial charge >= 0.3 is 0 Å². The number of ether oxygens (including phenoxy) is 1. The number of sulfonamides is 1. The molecule has 1 saturated heterocycles. The van der Waals surface area contributed by atoms with Gasteiger partial charge in [0, 0.05) is 39.1 Å². The molecule has 0 N–H and O–H groups in total. The smallest absolute Gasteiger partial charge is 0.252 e. The van der Waals surface area contributed by atoms with Crippen LogP contribution in [-0.4, -0.2) is 63.6 Å². The maximum atomic E-state index is 12.6. The summed E-state index contributed by atoms with van der Waals surface area (Å²) in [5.74, 6) is 0. The quantitative estimate of drug-likeness (QED) is 0.736. The van der Waals surface area contributed by atoms with Crippen LogP contribution in [0, 0.1) is 11.3 Å². The number of halogens is 1. The van der Waals surface area contributed by atoms with Gasteiger partial charge in [0.1, 0.15) is 4.21 Å². The topological polar surface area (TPSA) is 73.6 Å². The van der Waals surface area contributed by atoms with Crippen LogP contribution >= 0.6 is 22.9 Å². The van der Waals surface area contributed by atoms with E-state index >= 15 is 0 Å². The second-order valence-corrected chi connectivity index (χ2v) is 8.70. The van der Waals surface area contributed by atoms with Crippen LogP contribution in [-0.2, 0) is 14.8 Å². The molecule has 0 aliphatic carbocycles. The Balaban J connectivity index is 2.05. The van der Waals surface area contributed by atoms with E-state index in [1.165, 1.54) is 10.4 Å². The average Bonchev–Trinajstić information content (AvgIpc) is 2.95. The van der Waals surface area contributed by atoms with Crippen molar-refractivity contribution in [3.05, 3.63) is 16.5 Å². The summed E-state index contributed by atoms with van der Waals surface area (Å²) < 4.78 is 32.6. The van der Waals surface area contributed by atoms with Crippen molar-refractivity contribution in [2.45, 2.75) is 10.6 Å². The Labute approximate surface area is 139 Å². The molecule has 1 fully saturated rings. The fourth-order valence-corrected chi connectivity index (χ4v) is 5.24. The maximum absolute atomic E-state index is 12.6. The SMILES string of the molecule is N#CCCN(CCN1CCOCC1)S(=O)(=O)c1ccc(Cl)s1. The lowest BCUT2D eigenvalue weighted by atomic mass is 10.4. The first kappa shape index (κ1) is 17.7. The molecule has 122 valence electrons. The minimum absolute atomic E-state index is 0.168. The lowest BCUT2D eigenvalue weighted by Crippen LogP contribution is -2.43. The van der Waals surface area contributed by atoms with Crippen molar-refractivity contribution in [1.29, 1.82) is 5.26 Å². The van der Waals surface area contributed by atoms with Crippen LogP contribution in [0.4, 0.5) is 0 Å². The number of rotatable bonds is 7. The summed E-state index contributed by atoms with van der Waals surface area (Å²) in [6, 6.07) is 5.09. The van der Waals surface area contributed by atoms with Gasteiger partial charge in [-0.25, -0.2) is 8.42 Å². The highest BCUT2D eigenvalue weighted by molar-refractivity contribution is 7.91. The van der Waals surface area contributed by atoms with Crippen molar-refractivity contribution in [3.8, 4) is 6.07 Å². The standard InChI is InChI=1S/C13H18ClN3O3S2/c14-12-2-3-13(21-12)22(18,19)17(5-1-4-15)7-6-16-8-10-20-11-9-16/h2-3H,1,5-11H2. The third-order valence-corrected chi connectivity index (χ3v) is 6.98. The van der Waals surface area contributed by atoms with E-state index in [0.29, 0.717) is 30.6 Å². The number of nitriles is 1. The van der Waals surface area contributed by atoms with Crippen LogP contribution in [0.15, 0.2) is 16.3 Å². The largest absolute Gasteiger partial charge is 0.379 e. The van der Waals surface area contributed by atoms with Gasteiger partial charge < -0.3 is 4.74 Å². The van der Waals surface area contributed by atoms with Gasteiger partial charge in [0.25, 0.3) is 10.0 Å². The molecule has 0 radical (unpaired) electrons. The first-order chi connectivity index (χ1) is 10.5. The molecule has 2 rings (SSSR count). The fourth-order valence-electron chi connectivity index (χ4n) is 2.17. The van der Waals surface area contributed by atoms with Crippen LogP contribution < -0.4 is 0 Å². The Hall–Kier alpha value is -0.690. The molecular weight excluding hydrogens is 346 g/mol. The molecule has 1 aliphatic heterocycles. The highest BCUT2D eigenvalue weighted by Gasteiger charge is 2.26. The van der Waals surface area contributed by atoms with Gasteiger partial charge in [0.2, 0.25) is 0 Å². The van der Waals surface area contributed by atoms with Crippen molar-refractivity contribution >= 4 is 33.0 Å². The number of hydrogen-bond donors (Lipinski definition) is 0. The monoisotopic (exact) mass is 363 g/mol. The van der Waals surface area contributed by atoms with Gasteiger partial charge in [0.05, 0.1) is 23.6 Å². The van der Waals surface area contributed by atoms with E-state index in [0.717, 1.165) is 24.4 Å². The zero-order chi connectivity index (χ0) is 16.0. The van der Waals surface area contributed by atoms with Gasteiger partial charge in [-0.1, -0.05) is 11.6 Å². The van der Waals surface area contributed by atoms with E-state index in [-0.39, 0.29) is 17.2 Å². The van der Waals surface area contributed by atoms with Crippen LogP contribution in [0.3, 0.4) is 0 Å². The summed E-state index contributed by atoms with van der Waals surface area (Å²) in [5, 5.41) is 8.76. The Morgan fingerprint density at radius 3 is 2.68 bits per heavy atom. The predicted octanol–water partition coefficient (Wildman–Crippen LogP) is 1.64. The van der Waals surface area contributed by atoms with Gasteiger partial charge in [-0.15, -0.1) is 11.3 Å². The van der Waals surface area contributed by atoms with E-state index in [4.69, 9.17) is 21.6 Å². The number of thiophene rings is 1. The maximum Gasteiger partial charge on any atom is 0.252 e. The molecule has 0 bridgehead atoms. The summed E-state index contributed by atoms with van der Waals surface area (Å²) >= 11 is 6.87. The highest BCUT2D eigenvalue weighted by Crippen LogP contribution is 2.28. The first-order valence-corrected chi connectivity index (χ1v) is 9.60. The molecular formula is C13H18ClN3O3S2. The summed E-state index contributed by atoms with van der Waals surface area (Å²) in [4.78, 5) is 2.17. The molecule has 0 spiro atoms. The van der Waals surface area contributed by atoms with E-state index in [2.05, 4.69) is 4.90 Å². The molecule has 0 unspecified atom stereocenters. The van der Waals surface area contributed by atoms with Crippen molar-refractivity contribution in [1.82, 2.24) is 9.21 Å². The second kappa shape index (κ2) is 8.24. The van der Waals surface area contributed by atoms with E-state index in [9.17, 15) is 8.42 Å². The Bertz CT molecular complexity index is 621. The zero-order valence-electron chi connectivity index (χ0n) is 12.1. The minimum Gasteiger partial charge on any atom is -0.379 e. The molecule has 0 atom stereocenters. The molecule has 22 heavy (non-hydrogen) atoms. The first-order valence-electron chi connectivity index (χ1n) is 6.96. The van der Waals surface area contributed by atoms with Gasteiger partial charge in [-0.3, -0.25) is 4.90 Å². The van der Waals surface area contributed by atoms with Gasteiger partial charge in [0.15, 0.2) is 0 Å². The van der Waals surface area contributed by atoms with Crippen molar-refractivity contribution in [2.75, 3.05) is 45.9 Å². The molecule has 6 nitrogen and oxygen atoms in total. The molecule has 0 amide bonds. The molecule has 2 heterocycles. The summed E-state index contributed by atoms with van der Waals surface area (Å²) in [6.07, 6.45) is 0.168. The van der Waals surface area contributed by atoms with E-state index in [1.807, 2.05) is 6.07 Å². The Morgan fingerprint density at radius 2 is 2.09 bits per heavy atom. The Kier molecular flexibility index (Phi) is 6.62. The number of nitrogens with zero attached hydrogens (tertiary/aromatic N) is 3. The molecule has 1 aliphatic rings. The zero-order valence-corrected chi connectivity index (χ0v) is 14.5. The summed E-state index contributed by atoms with van der Waals surface area (Å²) in [7, 11) is -3.59.